The van der Waals surface area contributed by atoms with Gasteiger partial charge in [-0.05, 0) is 25.5 Å². The summed E-state index contributed by atoms with van der Waals surface area (Å²) in [5.41, 5.74) is 0.761. The maximum absolute atomic E-state index is 11.8. The Morgan fingerprint density at radius 3 is 3.15 bits per heavy atom. The van der Waals surface area contributed by atoms with Gasteiger partial charge in [0, 0.05) is 18.2 Å². The zero-order chi connectivity index (χ0) is 14.5. The lowest BCUT2D eigenvalue weighted by Gasteiger charge is -2.15. The topological polar surface area (TPSA) is 67.8 Å². The van der Waals surface area contributed by atoms with E-state index in [1.807, 2.05) is 0 Å². The fraction of sp³-hybridized carbons (Fsp3) is 0.533. The van der Waals surface area contributed by atoms with E-state index in [4.69, 9.17) is 9.47 Å². The molecule has 0 spiro atoms. The summed E-state index contributed by atoms with van der Waals surface area (Å²) in [7, 11) is 0. The van der Waals surface area contributed by atoms with E-state index in [2.05, 4.69) is 12.2 Å². The molecule has 110 valence electrons. The van der Waals surface area contributed by atoms with Crippen LogP contribution in [-0.4, -0.2) is 30.3 Å². The largest absolute Gasteiger partial charge is 0.490 e. The number of ether oxygens (including phenoxy) is 2. The van der Waals surface area contributed by atoms with Gasteiger partial charge in [0.1, 0.15) is 24.2 Å². The number of nitrogens with one attached hydrogen (secondary N) is 1. The standard InChI is InChI=1S/C15H21NO4/c1-3-4-7-16-15(18)10(2)20-11-5-6-12-13(17)9-19-14(12)8-11/h5-6,8,10,13,17H,3-4,7,9H2,1-2H3,(H,16,18). The summed E-state index contributed by atoms with van der Waals surface area (Å²) in [4.78, 5) is 11.8. The highest BCUT2D eigenvalue weighted by Crippen LogP contribution is 2.35. The summed E-state index contributed by atoms with van der Waals surface area (Å²) in [6.45, 7) is 4.73. The quantitative estimate of drug-likeness (QED) is 0.779. The average Bonchev–Trinajstić information content (AvgIpc) is 2.80. The first-order valence-corrected chi connectivity index (χ1v) is 7.01. The lowest BCUT2D eigenvalue weighted by Crippen LogP contribution is -2.36. The molecule has 0 saturated heterocycles. The van der Waals surface area contributed by atoms with Crippen molar-refractivity contribution in [2.45, 2.75) is 38.9 Å². The van der Waals surface area contributed by atoms with E-state index in [0.717, 1.165) is 18.4 Å². The fourth-order valence-corrected chi connectivity index (χ4v) is 2.04. The molecule has 1 heterocycles. The molecular weight excluding hydrogens is 258 g/mol. The first kappa shape index (κ1) is 14.7. The highest BCUT2D eigenvalue weighted by Gasteiger charge is 2.23. The van der Waals surface area contributed by atoms with Gasteiger partial charge in [-0.15, -0.1) is 0 Å². The Kier molecular flexibility index (Phi) is 4.84. The van der Waals surface area contributed by atoms with E-state index in [-0.39, 0.29) is 12.5 Å². The van der Waals surface area contributed by atoms with Crippen LogP contribution in [0.25, 0.3) is 0 Å². The van der Waals surface area contributed by atoms with E-state index < -0.39 is 12.2 Å². The number of carbonyl (C=O) groups is 1. The van der Waals surface area contributed by atoms with Crippen molar-refractivity contribution in [3.8, 4) is 11.5 Å². The minimum atomic E-state index is -0.575. The molecule has 2 N–H and O–H groups in total. The Morgan fingerprint density at radius 2 is 2.40 bits per heavy atom. The number of unbranched alkanes of at least 4 members (excludes halogenated alkanes) is 1. The molecule has 1 aliphatic heterocycles. The molecule has 2 rings (SSSR count). The number of carbonyl (C=O) groups excluding carboxylic acids is 1. The van der Waals surface area contributed by atoms with Crippen molar-refractivity contribution in [1.29, 1.82) is 0 Å². The van der Waals surface area contributed by atoms with Crippen LogP contribution in [0, 0.1) is 0 Å². The monoisotopic (exact) mass is 279 g/mol. The third-order valence-corrected chi connectivity index (χ3v) is 3.25. The summed E-state index contributed by atoms with van der Waals surface area (Å²) < 4.78 is 10.9. The Bertz CT molecular complexity index is 475. The number of hydrogen-bond acceptors (Lipinski definition) is 4. The molecule has 2 atom stereocenters. The van der Waals surface area contributed by atoms with Gasteiger partial charge in [0.15, 0.2) is 6.10 Å². The highest BCUT2D eigenvalue weighted by molar-refractivity contribution is 5.80. The maximum atomic E-state index is 11.8. The van der Waals surface area contributed by atoms with Gasteiger partial charge in [0.05, 0.1) is 0 Å². The van der Waals surface area contributed by atoms with Crippen LogP contribution in [0.5, 0.6) is 11.5 Å². The lowest BCUT2D eigenvalue weighted by molar-refractivity contribution is -0.127. The van der Waals surface area contributed by atoms with E-state index in [9.17, 15) is 9.90 Å². The average molecular weight is 279 g/mol. The van der Waals surface area contributed by atoms with Crippen molar-refractivity contribution in [1.82, 2.24) is 5.32 Å². The van der Waals surface area contributed by atoms with E-state index in [1.165, 1.54) is 0 Å². The number of aliphatic hydroxyl groups is 1. The molecule has 1 aliphatic rings. The molecule has 0 aromatic heterocycles. The number of fused-ring (bicyclic) bond motifs is 1. The summed E-state index contributed by atoms with van der Waals surface area (Å²) in [6, 6.07) is 5.22. The summed E-state index contributed by atoms with van der Waals surface area (Å²) >= 11 is 0. The first-order chi connectivity index (χ1) is 9.61. The molecule has 0 bridgehead atoms. The minimum absolute atomic E-state index is 0.125. The van der Waals surface area contributed by atoms with Crippen LogP contribution in [0.3, 0.4) is 0 Å². The van der Waals surface area contributed by atoms with E-state index in [0.29, 0.717) is 18.0 Å². The number of amides is 1. The molecule has 0 radical (unpaired) electrons. The van der Waals surface area contributed by atoms with Gasteiger partial charge >= 0.3 is 0 Å². The second-order valence-corrected chi connectivity index (χ2v) is 4.93. The third kappa shape index (κ3) is 3.42. The number of aliphatic hydroxyl groups excluding tert-OH is 1. The first-order valence-electron chi connectivity index (χ1n) is 7.01. The number of benzene rings is 1. The molecule has 5 heteroatoms. The molecule has 0 saturated carbocycles. The Hall–Kier alpha value is -1.75. The Balaban J connectivity index is 1.91. The SMILES string of the molecule is CCCCNC(=O)C(C)Oc1ccc2c(c1)OCC2O. The van der Waals surface area contributed by atoms with Gasteiger partial charge in [-0.25, -0.2) is 0 Å². The summed E-state index contributed by atoms with van der Waals surface area (Å²) in [5.74, 6) is 1.06. The maximum Gasteiger partial charge on any atom is 0.260 e. The Morgan fingerprint density at radius 1 is 1.60 bits per heavy atom. The number of rotatable bonds is 6. The van der Waals surface area contributed by atoms with Crippen LogP contribution < -0.4 is 14.8 Å². The van der Waals surface area contributed by atoms with Crippen molar-refractivity contribution in [2.24, 2.45) is 0 Å². The van der Waals surface area contributed by atoms with E-state index >= 15 is 0 Å². The fourth-order valence-electron chi connectivity index (χ4n) is 2.04. The number of hydrogen-bond donors (Lipinski definition) is 2. The molecule has 2 unspecified atom stereocenters. The molecule has 0 aliphatic carbocycles. The van der Waals surface area contributed by atoms with Crippen molar-refractivity contribution >= 4 is 5.91 Å². The molecule has 1 aromatic rings. The van der Waals surface area contributed by atoms with Gasteiger partial charge in [0.25, 0.3) is 5.91 Å². The van der Waals surface area contributed by atoms with Gasteiger partial charge in [-0.2, -0.15) is 0 Å². The van der Waals surface area contributed by atoms with Crippen molar-refractivity contribution in [2.75, 3.05) is 13.2 Å². The van der Waals surface area contributed by atoms with Crippen LogP contribution in [0.1, 0.15) is 38.4 Å². The molecule has 1 amide bonds. The summed E-state index contributed by atoms with van der Waals surface area (Å²) in [6.07, 6.45) is 0.869. The van der Waals surface area contributed by atoms with Crippen LogP contribution in [0.15, 0.2) is 18.2 Å². The van der Waals surface area contributed by atoms with Crippen LogP contribution in [-0.2, 0) is 4.79 Å². The van der Waals surface area contributed by atoms with Gasteiger partial charge < -0.3 is 19.9 Å². The smallest absolute Gasteiger partial charge is 0.260 e. The third-order valence-electron chi connectivity index (χ3n) is 3.25. The second-order valence-electron chi connectivity index (χ2n) is 4.93. The predicted molar refractivity (Wildman–Crippen MR) is 74.9 cm³/mol. The van der Waals surface area contributed by atoms with Crippen LogP contribution >= 0.6 is 0 Å². The van der Waals surface area contributed by atoms with Crippen molar-refractivity contribution in [3.63, 3.8) is 0 Å². The molecule has 20 heavy (non-hydrogen) atoms. The zero-order valence-corrected chi connectivity index (χ0v) is 11.9. The van der Waals surface area contributed by atoms with Crippen LogP contribution in [0.4, 0.5) is 0 Å². The predicted octanol–water partition coefficient (Wildman–Crippen LogP) is 1.80. The summed E-state index contributed by atoms with van der Waals surface area (Å²) in [5, 5.41) is 12.5. The van der Waals surface area contributed by atoms with Gasteiger partial charge in [-0.1, -0.05) is 13.3 Å². The van der Waals surface area contributed by atoms with Crippen LogP contribution in [0.2, 0.25) is 0 Å². The van der Waals surface area contributed by atoms with Gasteiger partial charge in [-0.3, -0.25) is 4.79 Å². The van der Waals surface area contributed by atoms with Crippen molar-refractivity contribution in [3.05, 3.63) is 23.8 Å². The van der Waals surface area contributed by atoms with Gasteiger partial charge in [0.2, 0.25) is 0 Å². The zero-order valence-electron chi connectivity index (χ0n) is 11.9. The lowest BCUT2D eigenvalue weighted by atomic mass is 10.1. The molecule has 5 nitrogen and oxygen atoms in total. The van der Waals surface area contributed by atoms with Crippen molar-refractivity contribution < 1.29 is 19.4 Å². The molecular formula is C15H21NO4. The highest BCUT2D eigenvalue weighted by atomic mass is 16.5. The minimum Gasteiger partial charge on any atom is -0.490 e. The Labute approximate surface area is 118 Å². The molecule has 1 aromatic carbocycles. The second kappa shape index (κ2) is 6.61. The normalized spacial score (nSPS) is 18.1. The molecule has 0 fully saturated rings. The van der Waals surface area contributed by atoms with E-state index in [1.54, 1.807) is 25.1 Å².